The van der Waals surface area contributed by atoms with E-state index in [0.717, 1.165) is 11.3 Å². The van der Waals surface area contributed by atoms with Gasteiger partial charge in [-0.15, -0.1) is 0 Å². The van der Waals surface area contributed by atoms with Crippen LogP contribution >= 0.6 is 0 Å². The molecule has 0 unspecified atom stereocenters. The first-order valence-electron chi connectivity index (χ1n) is 11.9. The van der Waals surface area contributed by atoms with Gasteiger partial charge in [-0.25, -0.2) is 0 Å². The van der Waals surface area contributed by atoms with Gasteiger partial charge in [-0.3, -0.25) is 9.78 Å². The quantitative estimate of drug-likeness (QED) is 0.409. The summed E-state index contributed by atoms with van der Waals surface area (Å²) in [6, 6.07) is 18.9. The molecular weight excluding hydrogens is 412 g/mol. The molecule has 1 N–H and O–H groups in total. The predicted octanol–water partition coefficient (Wildman–Crippen LogP) is 6.90. The van der Waals surface area contributed by atoms with Crippen LogP contribution in [0.5, 0.6) is 11.5 Å². The molecule has 1 amide bonds. The summed E-state index contributed by atoms with van der Waals surface area (Å²) in [4.78, 5) is 16.9. The number of benzene rings is 2. The second kappa shape index (κ2) is 13.3. The van der Waals surface area contributed by atoms with Gasteiger partial charge in [0.1, 0.15) is 18.1 Å². The van der Waals surface area contributed by atoms with E-state index in [0.29, 0.717) is 36.1 Å². The molecule has 4 rings (SSSR count). The number of ether oxygens (including phenoxy) is 2. The monoisotopic (exact) mass is 446 g/mol. The minimum Gasteiger partial charge on any atom is -0.493 e. The van der Waals surface area contributed by atoms with E-state index in [1.165, 1.54) is 32.1 Å². The molecule has 1 fully saturated rings. The largest absolute Gasteiger partial charge is 0.493 e. The Balaban J connectivity index is 0.00000149. The molecule has 0 aliphatic heterocycles. The number of nitrogens with one attached hydrogen (secondary N) is 1. The average molecular weight is 447 g/mol. The Morgan fingerprint density at radius 2 is 1.67 bits per heavy atom. The van der Waals surface area contributed by atoms with Crippen molar-refractivity contribution in [2.75, 3.05) is 11.9 Å². The van der Waals surface area contributed by atoms with E-state index >= 15 is 0 Å². The highest BCUT2D eigenvalue weighted by Gasteiger charge is 2.17. The second-order valence-corrected chi connectivity index (χ2v) is 7.94. The van der Waals surface area contributed by atoms with E-state index in [-0.39, 0.29) is 5.91 Å². The Labute approximate surface area is 197 Å². The van der Waals surface area contributed by atoms with Gasteiger partial charge in [0.25, 0.3) is 5.91 Å². The molecule has 0 bridgehead atoms. The van der Waals surface area contributed by atoms with E-state index in [1.807, 2.05) is 56.3 Å². The van der Waals surface area contributed by atoms with Crippen molar-refractivity contribution in [2.45, 2.75) is 52.6 Å². The summed E-state index contributed by atoms with van der Waals surface area (Å²) in [5.41, 5.74) is 2.20. The number of amides is 1. The first kappa shape index (κ1) is 24.3. The van der Waals surface area contributed by atoms with Gasteiger partial charge in [-0.1, -0.05) is 63.4 Å². The van der Waals surface area contributed by atoms with Crippen LogP contribution in [0.2, 0.25) is 0 Å². The minimum atomic E-state index is -0.229. The van der Waals surface area contributed by atoms with Crippen LogP contribution in [0.1, 0.15) is 61.9 Å². The van der Waals surface area contributed by atoms with Gasteiger partial charge < -0.3 is 14.8 Å². The number of hydrogen-bond donors (Lipinski definition) is 1. The molecule has 5 nitrogen and oxygen atoms in total. The highest BCUT2D eigenvalue weighted by atomic mass is 16.5. The van der Waals surface area contributed by atoms with Crippen LogP contribution in [0.3, 0.4) is 0 Å². The molecule has 0 saturated heterocycles. The van der Waals surface area contributed by atoms with Gasteiger partial charge >= 0.3 is 0 Å². The van der Waals surface area contributed by atoms with E-state index in [4.69, 9.17) is 9.47 Å². The van der Waals surface area contributed by atoms with Crippen molar-refractivity contribution in [2.24, 2.45) is 5.92 Å². The van der Waals surface area contributed by atoms with Crippen LogP contribution < -0.4 is 14.8 Å². The minimum absolute atomic E-state index is 0.229. The maximum absolute atomic E-state index is 12.9. The van der Waals surface area contributed by atoms with Crippen LogP contribution in [0.25, 0.3) is 0 Å². The van der Waals surface area contributed by atoms with Crippen molar-refractivity contribution < 1.29 is 14.3 Å². The summed E-state index contributed by atoms with van der Waals surface area (Å²) >= 11 is 0. The molecule has 174 valence electrons. The Kier molecular flexibility index (Phi) is 9.77. The maximum Gasteiger partial charge on any atom is 0.259 e. The third-order valence-electron chi connectivity index (χ3n) is 5.58. The van der Waals surface area contributed by atoms with Crippen molar-refractivity contribution in [3.8, 4) is 11.5 Å². The fourth-order valence-electron chi connectivity index (χ4n) is 3.84. The normalized spacial score (nSPS) is 13.4. The van der Waals surface area contributed by atoms with Gasteiger partial charge in [0, 0.05) is 24.1 Å². The Morgan fingerprint density at radius 1 is 0.939 bits per heavy atom. The maximum atomic E-state index is 12.9. The first-order valence-corrected chi connectivity index (χ1v) is 11.9. The van der Waals surface area contributed by atoms with E-state index < -0.39 is 0 Å². The van der Waals surface area contributed by atoms with E-state index in [9.17, 15) is 4.79 Å². The van der Waals surface area contributed by atoms with Crippen LogP contribution in [0.4, 0.5) is 5.69 Å². The topological polar surface area (TPSA) is 60.5 Å². The van der Waals surface area contributed by atoms with Gasteiger partial charge in [0.15, 0.2) is 0 Å². The molecule has 1 aliphatic carbocycles. The zero-order valence-electron chi connectivity index (χ0n) is 19.6. The van der Waals surface area contributed by atoms with Crippen LogP contribution in [0, 0.1) is 5.92 Å². The van der Waals surface area contributed by atoms with E-state index in [1.54, 1.807) is 30.6 Å². The number of hydrogen-bond acceptors (Lipinski definition) is 4. The molecule has 0 atom stereocenters. The molecule has 5 heteroatoms. The number of anilines is 1. The SMILES string of the molecule is CC.O=C(Nc1ccncc1)c1ccc(OCC2CCCCC2)cc1OCc1ccccc1. The molecule has 1 heterocycles. The van der Waals surface area contributed by atoms with Crippen molar-refractivity contribution in [1.29, 1.82) is 0 Å². The zero-order valence-corrected chi connectivity index (χ0v) is 19.6. The van der Waals surface area contributed by atoms with Crippen molar-refractivity contribution in [3.63, 3.8) is 0 Å². The molecular formula is C28H34N2O3. The first-order chi connectivity index (χ1) is 16.3. The summed E-state index contributed by atoms with van der Waals surface area (Å²) < 4.78 is 12.1. The third-order valence-corrected chi connectivity index (χ3v) is 5.58. The van der Waals surface area contributed by atoms with Gasteiger partial charge in [-0.05, 0) is 48.6 Å². The summed E-state index contributed by atoms with van der Waals surface area (Å²) in [5, 5.41) is 2.90. The van der Waals surface area contributed by atoms with Gasteiger partial charge in [0.2, 0.25) is 0 Å². The zero-order chi connectivity index (χ0) is 23.3. The van der Waals surface area contributed by atoms with Crippen LogP contribution in [0.15, 0.2) is 73.1 Å². The molecule has 33 heavy (non-hydrogen) atoms. The van der Waals surface area contributed by atoms with E-state index in [2.05, 4.69) is 10.3 Å². The Morgan fingerprint density at radius 3 is 2.39 bits per heavy atom. The lowest BCUT2D eigenvalue weighted by Crippen LogP contribution is -2.16. The lowest BCUT2D eigenvalue weighted by Gasteiger charge is -2.22. The molecule has 1 aliphatic rings. The number of pyridine rings is 1. The van der Waals surface area contributed by atoms with Gasteiger partial charge in [0.05, 0.1) is 12.2 Å². The number of nitrogens with zero attached hydrogens (tertiary/aromatic N) is 1. The molecule has 0 spiro atoms. The highest BCUT2D eigenvalue weighted by Crippen LogP contribution is 2.29. The number of carbonyl (C=O) groups excluding carboxylic acids is 1. The number of aromatic nitrogens is 1. The summed E-state index contributed by atoms with van der Waals surface area (Å²) in [6.45, 7) is 5.09. The van der Waals surface area contributed by atoms with Crippen LogP contribution in [-0.2, 0) is 6.61 Å². The summed E-state index contributed by atoms with van der Waals surface area (Å²) in [7, 11) is 0. The van der Waals surface area contributed by atoms with Gasteiger partial charge in [-0.2, -0.15) is 0 Å². The number of carbonyl (C=O) groups is 1. The predicted molar refractivity (Wildman–Crippen MR) is 133 cm³/mol. The van der Waals surface area contributed by atoms with Crippen LogP contribution in [-0.4, -0.2) is 17.5 Å². The smallest absolute Gasteiger partial charge is 0.259 e. The average Bonchev–Trinajstić information content (AvgIpc) is 2.89. The second-order valence-electron chi connectivity index (χ2n) is 7.94. The lowest BCUT2D eigenvalue weighted by molar-refractivity contribution is 0.102. The molecule has 1 aromatic heterocycles. The van der Waals surface area contributed by atoms with Crippen molar-refractivity contribution >= 4 is 11.6 Å². The Bertz CT molecular complexity index is 971. The number of rotatable bonds is 8. The lowest BCUT2D eigenvalue weighted by atomic mass is 9.90. The fourth-order valence-corrected chi connectivity index (χ4v) is 3.84. The molecule has 2 aromatic carbocycles. The molecule has 3 aromatic rings. The highest BCUT2D eigenvalue weighted by molar-refractivity contribution is 6.06. The summed E-state index contributed by atoms with van der Waals surface area (Å²) in [6.07, 6.45) is 9.64. The van der Waals surface area contributed by atoms with Crippen molar-refractivity contribution in [3.05, 3.63) is 84.2 Å². The Hall–Kier alpha value is -3.34. The standard InChI is InChI=1S/C26H28N2O3.C2H6/c29-26(28-22-13-15-27-16-14-22)24-12-11-23(30-18-20-7-3-1-4-8-20)17-25(24)31-19-21-9-5-2-6-10-21;1-2/h2,5-6,9-17,20H,1,3-4,7-8,18-19H2,(H,27,28,29);1-2H3. The molecule has 0 radical (unpaired) electrons. The third kappa shape index (κ3) is 7.63. The molecule has 1 saturated carbocycles. The van der Waals surface area contributed by atoms with Crippen molar-refractivity contribution in [1.82, 2.24) is 4.98 Å². The summed E-state index contributed by atoms with van der Waals surface area (Å²) in [5.74, 6) is 1.62. The fraction of sp³-hybridized carbons (Fsp3) is 0.357.